The Bertz CT molecular complexity index is 813. The van der Waals surface area contributed by atoms with E-state index in [0.29, 0.717) is 41.1 Å². The number of hydrogen-bond acceptors (Lipinski definition) is 5. The lowest BCUT2D eigenvalue weighted by molar-refractivity contribution is 0.0694. The summed E-state index contributed by atoms with van der Waals surface area (Å²) in [5.74, 6) is 0.0105. The van der Waals surface area contributed by atoms with Gasteiger partial charge < -0.3 is 24.3 Å². The van der Waals surface area contributed by atoms with Gasteiger partial charge in [-0.2, -0.15) is 0 Å². The molecule has 24 heavy (non-hydrogen) atoms. The summed E-state index contributed by atoms with van der Waals surface area (Å²) in [4.78, 5) is 23.2. The van der Waals surface area contributed by atoms with E-state index >= 15 is 0 Å². The maximum Gasteiger partial charge on any atom is 0.339 e. The van der Waals surface area contributed by atoms with Crippen molar-refractivity contribution in [2.45, 2.75) is 13.5 Å². The number of nitrogens with one attached hydrogen (secondary N) is 1. The number of carboxylic acids is 1. The molecule has 1 aliphatic heterocycles. The zero-order valence-electron chi connectivity index (χ0n) is 12.7. The molecular formula is C16H14ClNO6. The topological polar surface area (TPSA) is 98.0 Å². The van der Waals surface area contributed by atoms with Crippen LogP contribution in [0.3, 0.4) is 0 Å². The van der Waals surface area contributed by atoms with E-state index in [2.05, 4.69) is 5.32 Å². The molecule has 2 N–H and O–H groups in total. The van der Waals surface area contributed by atoms with Crippen molar-refractivity contribution in [3.05, 3.63) is 45.9 Å². The van der Waals surface area contributed by atoms with E-state index in [9.17, 15) is 9.59 Å². The van der Waals surface area contributed by atoms with Crippen molar-refractivity contribution in [2.75, 3.05) is 13.2 Å². The van der Waals surface area contributed by atoms with Crippen molar-refractivity contribution in [1.29, 1.82) is 0 Å². The maximum atomic E-state index is 12.3. The number of carbonyl (C=O) groups is 2. The average Bonchev–Trinajstić information content (AvgIpc) is 2.93. The van der Waals surface area contributed by atoms with Crippen LogP contribution in [0.25, 0.3) is 0 Å². The maximum absolute atomic E-state index is 12.3. The van der Waals surface area contributed by atoms with Crippen molar-refractivity contribution < 1.29 is 28.6 Å². The van der Waals surface area contributed by atoms with Gasteiger partial charge in [-0.15, -0.1) is 0 Å². The smallest absolute Gasteiger partial charge is 0.339 e. The van der Waals surface area contributed by atoms with Crippen molar-refractivity contribution >= 4 is 23.5 Å². The molecular weight excluding hydrogens is 338 g/mol. The molecule has 1 amide bonds. The molecule has 0 fully saturated rings. The first-order chi connectivity index (χ1) is 11.5. The SMILES string of the molecule is Cc1oc(CNC(=O)c2cc(Cl)c3c(c2)OCCO3)cc1C(=O)O. The van der Waals surface area contributed by atoms with Gasteiger partial charge in [-0.25, -0.2) is 4.79 Å². The first kappa shape index (κ1) is 16.2. The highest BCUT2D eigenvalue weighted by molar-refractivity contribution is 6.32. The molecule has 2 aromatic rings. The second-order valence-corrected chi connectivity index (χ2v) is 5.56. The number of aryl methyl sites for hydroxylation is 1. The first-order valence-electron chi connectivity index (χ1n) is 7.15. The number of furan rings is 1. The fourth-order valence-corrected chi connectivity index (χ4v) is 2.62. The summed E-state index contributed by atoms with van der Waals surface area (Å²) in [5.41, 5.74) is 0.382. The predicted molar refractivity (Wildman–Crippen MR) is 84.0 cm³/mol. The van der Waals surface area contributed by atoms with Gasteiger partial charge in [0, 0.05) is 5.56 Å². The minimum absolute atomic E-state index is 0.0546. The van der Waals surface area contributed by atoms with Gasteiger partial charge >= 0.3 is 5.97 Å². The molecule has 0 aliphatic carbocycles. The second-order valence-electron chi connectivity index (χ2n) is 5.15. The molecule has 0 saturated carbocycles. The third-order valence-corrected chi connectivity index (χ3v) is 3.76. The average molecular weight is 352 g/mol. The van der Waals surface area contributed by atoms with Crippen molar-refractivity contribution in [1.82, 2.24) is 5.32 Å². The number of amides is 1. The van der Waals surface area contributed by atoms with Gasteiger partial charge in [0.05, 0.1) is 11.6 Å². The van der Waals surface area contributed by atoms with Crippen LogP contribution in [-0.2, 0) is 6.54 Å². The van der Waals surface area contributed by atoms with Crippen LogP contribution in [0.4, 0.5) is 0 Å². The summed E-state index contributed by atoms with van der Waals surface area (Å²) < 4.78 is 16.1. The number of benzene rings is 1. The van der Waals surface area contributed by atoms with Gasteiger partial charge in [0.25, 0.3) is 5.91 Å². The zero-order valence-corrected chi connectivity index (χ0v) is 13.5. The van der Waals surface area contributed by atoms with Crippen molar-refractivity contribution in [3.8, 4) is 11.5 Å². The second kappa shape index (κ2) is 6.45. The molecule has 3 rings (SSSR count). The Balaban J connectivity index is 1.72. The Kier molecular flexibility index (Phi) is 4.35. The minimum atomic E-state index is -1.08. The number of ether oxygens (including phenoxy) is 2. The highest BCUT2D eigenvalue weighted by atomic mass is 35.5. The van der Waals surface area contributed by atoms with Gasteiger partial charge in [-0.3, -0.25) is 4.79 Å². The number of fused-ring (bicyclic) bond motifs is 1. The summed E-state index contributed by atoms with van der Waals surface area (Å²) in [6.07, 6.45) is 0. The first-order valence-corrected chi connectivity index (χ1v) is 7.53. The van der Waals surface area contributed by atoms with Crippen molar-refractivity contribution in [3.63, 3.8) is 0 Å². The molecule has 0 unspecified atom stereocenters. The lowest BCUT2D eigenvalue weighted by Gasteiger charge is -2.20. The van der Waals surface area contributed by atoms with Crippen LogP contribution < -0.4 is 14.8 Å². The van der Waals surface area contributed by atoms with E-state index in [0.717, 1.165) is 0 Å². The number of hydrogen-bond donors (Lipinski definition) is 2. The summed E-state index contributed by atoms with van der Waals surface area (Å²) in [6.45, 7) is 2.40. The highest BCUT2D eigenvalue weighted by Gasteiger charge is 2.20. The van der Waals surface area contributed by atoms with E-state index in [4.69, 9.17) is 30.6 Å². The molecule has 7 nitrogen and oxygen atoms in total. The molecule has 1 aromatic carbocycles. The minimum Gasteiger partial charge on any atom is -0.486 e. The van der Waals surface area contributed by atoms with Crippen LogP contribution in [0.2, 0.25) is 5.02 Å². The third-order valence-electron chi connectivity index (χ3n) is 3.48. The zero-order chi connectivity index (χ0) is 17.3. The van der Waals surface area contributed by atoms with Gasteiger partial charge in [0.2, 0.25) is 0 Å². The van der Waals surface area contributed by atoms with E-state index in [1.54, 1.807) is 13.0 Å². The summed E-state index contributed by atoms with van der Waals surface area (Å²) >= 11 is 6.10. The van der Waals surface area contributed by atoms with Gasteiger partial charge in [0.1, 0.15) is 30.3 Å². The molecule has 1 aromatic heterocycles. The monoisotopic (exact) mass is 351 g/mol. The number of halogens is 1. The molecule has 8 heteroatoms. The van der Waals surface area contributed by atoms with Crippen LogP contribution in [0.5, 0.6) is 11.5 Å². The lowest BCUT2D eigenvalue weighted by Crippen LogP contribution is -2.23. The largest absolute Gasteiger partial charge is 0.486 e. The molecule has 0 spiro atoms. The van der Waals surface area contributed by atoms with Crippen LogP contribution in [0.1, 0.15) is 32.2 Å². The van der Waals surface area contributed by atoms with Crippen LogP contribution in [0, 0.1) is 6.92 Å². The Morgan fingerprint density at radius 2 is 2.00 bits per heavy atom. The van der Waals surface area contributed by atoms with E-state index in [-0.39, 0.29) is 23.8 Å². The summed E-state index contributed by atoms with van der Waals surface area (Å²) in [6, 6.07) is 4.42. The summed E-state index contributed by atoms with van der Waals surface area (Å²) in [7, 11) is 0. The van der Waals surface area contributed by atoms with Gasteiger partial charge in [-0.05, 0) is 25.1 Å². The Morgan fingerprint density at radius 3 is 2.71 bits per heavy atom. The van der Waals surface area contributed by atoms with Crippen LogP contribution in [-0.4, -0.2) is 30.2 Å². The molecule has 1 aliphatic rings. The standard InChI is InChI=1S/C16H14ClNO6/c1-8-11(16(20)21)6-10(24-8)7-18-15(19)9-4-12(17)14-13(5-9)22-2-3-23-14/h4-6H,2-3,7H2,1H3,(H,18,19)(H,20,21). The highest BCUT2D eigenvalue weighted by Crippen LogP contribution is 2.38. The van der Waals surface area contributed by atoms with E-state index in [1.807, 2.05) is 0 Å². The fraction of sp³-hybridized carbons (Fsp3) is 0.250. The Labute approximate surface area is 142 Å². The molecule has 0 atom stereocenters. The van der Waals surface area contributed by atoms with Gasteiger partial charge in [-0.1, -0.05) is 11.6 Å². The Morgan fingerprint density at radius 1 is 1.25 bits per heavy atom. The molecule has 0 saturated heterocycles. The number of carboxylic acid groups (broad SMARTS) is 1. The number of aromatic carboxylic acids is 1. The van der Waals surface area contributed by atoms with E-state index < -0.39 is 5.97 Å². The predicted octanol–water partition coefficient (Wildman–Crippen LogP) is 2.64. The fourth-order valence-electron chi connectivity index (χ4n) is 2.35. The molecule has 2 heterocycles. The van der Waals surface area contributed by atoms with Crippen LogP contribution >= 0.6 is 11.6 Å². The summed E-state index contributed by atoms with van der Waals surface area (Å²) in [5, 5.41) is 11.9. The van der Waals surface area contributed by atoms with Gasteiger partial charge in [0.15, 0.2) is 11.5 Å². The Hall–Kier alpha value is -2.67. The number of carbonyl (C=O) groups excluding carboxylic acids is 1. The quantitative estimate of drug-likeness (QED) is 0.878. The molecule has 126 valence electrons. The molecule has 0 radical (unpaired) electrons. The van der Waals surface area contributed by atoms with E-state index in [1.165, 1.54) is 12.1 Å². The van der Waals surface area contributed by atoms with Crippen LogP contribution in [0.15, 0.2) is 22.6 Å². The lowest BCUT2D eigenvalue weighted by atomic mass is 10.1. The normalized spacial score (nSPS) is 12.8. The molecule has 0 bridgehead atoms. The third kappa shape index (κ3) is 3.16. The number of rotatable bonds is 4. The van der Waals surface area contributed by atoms with Crippen molar-refractivity contribution in [2.24, 2.45) is 0 Å².